The summed E-state index contributed by atoms with van der Waals surface area (Å²) in [6.07, 6.45) is 8.56. The topological polar surface area (TPSA) is 45.2 Å². The molecule has 0 amide bonds. The predicted molar refractivity (Wildman–Crippen MR) is 136 cm³/mol. The van der Waals surface area contributed by atoms with Gasteiger partial charge in [-0.25, -0.2) is 9.97 Å². The van der Waals surface area contributed by atoms with Gasteiger partial charge in [0.05, 0.1) is 5.39 Å². The molecule has 0 atom stereocenters. The molecule has 0 N–H and O–H groups in total. The van der Waals surface area contributed by atoms with E-state index in [0.29, 0.717) is 0 Å². The van der Waals surface area contributed by atoms with E-state index >= 15 is 0 Å². The van der Waals surface area contributed by atoms with Crippen molar-refractivity contribution in [3.63, 3.8) is 0 Å². The molecule has 6 rings (SSSR count). The number of piperazine rings is 1. The number of rotatable bonds is 4. The summed E-state index contributed by atoms with van der Waals surface area (Å²) in [4.78, 5) is 22.1. The normalized spacial score (nSPS) is 16.8. The van der Waals surface area contributed by atoms with Gasteiger partial charge in [-0.2, -0.15) is 0 Å². The summed E-state index contributed by atoms with van der Waals surface area (Å²) < 4.78 is 0. The average Bonchev–Trinajstić information content (AvgIpc) is 3.25. The van der Waals surface area contributed by atoms with Gasteiger partial charge in [0.15, 0.2) is 5.82 Å². The minimum Gasteiger partial charge on any atom is -0.353 e. The van der Waals surface area contributed by atoms with Crippen LogP contribution in [-0.2, 0) is 19.4 Å². The van der Waals surface area contributed by atoms with Crippen LogP contribution in [0.5, 0.6) is 0 Å². The van der Waals surface area contributed by atoms with E-state index in [1.165, 1.54) is 46.2 Å². The number of aryl methyl sites for hydroxylation is 3. The number of hydrogen-bond acceptors (Lipinski definition) is 6. The van der Waals surface area contributed by atoms with Gasteiger partial charge in [-0.3, -0.25) is 9.88 Å². The zero-order valence-electron chi connectivity index (χ0n) is 19.1. The van der Waals surface area contributed by atoms with Crippen LogP contribution in [0, 0.1) is 6.92 Å². The molecule has 0 bridgehead atoms. The van der Waals surface area contributed by atoms with Crippen LogP contribution >= 0.6 is 11.3 Å². The van der Waals surface area contributed by atoms with Crippen molar-refractivity contribution in [2.45, 2.75) is 39.2 Å². The molecule has 1 aromatic carbocycles. The van der Waals surface area contributed by atoms with E-state index in [-0.39, 0.29) is 0 Å². The molecule has 1 aliphatic heterocycles. The summed E-state index contributed by atoms with van der Waals surface area (Å²) in [5, 5.41) is 1.32. The van der Waals surface area contributed by atoms with Crippen molar-refractivity contribution >= 4 is 27.4 Å². The molecule has 1 saturated heterocycles. The summed E-state index contributed by atoms with van der Waals surface area (Å²) in [6.45, 7) is 7.27. The van der Waals surface area contributed by atoms with Gasteiger partial charge in [0.25, 0.3) is 0 Å². The van der Waals surface area contributed by atoms with Crippen molar-refractivity contribution in [2.75, 3.05) is 31.1 Å². The molecule has 2 aliphatic rings. The highest BCUT2D eigenvalue weighted by atomic mass is 32.1. The maximum Gasteiger partial charge on any atom is 0.163 e. The van der Waals surface area contributed by atoms with Gasteiger partial charge in [-0.05, 0) is 55.9 Å². The summed E-state index contributed by atoms with van der Waals surface area (Å²) in [7, 11) is 0. The minimum atomic E-state index is 0.820. The van der Waals surface area contributed by atoms with E-state index in [0.717, 1.165) is 61.2 Å². The summed E-state index contributed by atoms with van der Waals surface area (Å²) in [5.74, 6) is 1.96. The standard InChI is InChI=1S/C27H29N5S/c1-19-6-8-20(9-7-19)18-31-14-16-32(17-15-31)26-24-22-4-2-3-5-23(22)33-27(24)30-25(29-26)21-10-12-28-13-11-21/h6-13H,2-5,14-18H2,1H3. The largest absolute Gasteiger partial charge is 0.353 e. The van der Waals surface area contributed by atoms with E-state index < -0.39 is 0 Å². The van der Waals surface area contributed by atoms with Crippen LogP contribution in [0.25, 0.3) is 21.6 Å². The van der Waals surface area contributed by atoms with Crippen LogP contribution in [0.4, 0.5) is 5.82 Å². The third kappa shape index (κ3) is 4.13. The highest BCUT2D eigenvalue weighted by molar-refractivity contribution is 7.19. The van der Waals surface area contributed by atoms with Crippen molar-refractivity contribution in [1.82, 2.24) is 19.9 Å². The van der Waals surface area contributed by atoms with Crippen LogP contribution in [0.2, 0.25) is 0 Å². The quantitative estimate of drug-likeness (QED) is 0.420. The van der Waals surface area contributed by atoms with Crippen molar-refractivity contribution in [3.05, 3.63) is 70.4 Å². The molecular weight excluding hydrogens is 426 g/mol. The second-order valence-electron chi connectivity index (χ2n) is 9.25. The van der Waals surface area contributed by atoms with Crippen LogP contribution < -0.4 is 4.90 Å². The minimum absolute atomic E-state index is 0.820. The molecule has 0 spiro atoms. The van der Waals surface area contributed by atoms with E-state index in [1.807, 2.05) is 35.9 Å². The van der Waals surface area contributed by atoms with Gasteiger partial charge < -0.3 is 4.90 Å². The lowest BCUT2D eigenvalue weighted by atomic mass is 9.96. The number of fused-ring (bicyclic) bond motifs is 3. The molecule has 4 heterocycles. The zero-order chi connectivity index (χ0) is 22.2. The van der Waals surface area contributed by atoms with Crippen LogP contribution in [-0.4, -0.2) is 46.0 Å². The predicted octanol–water partition coefficient (Wildman–Crippen LogP) is 5.26. The lowest BCUT2D eigenvalue weighted by molar-refractivity contribution is 0.249. The van der Waals surface area contributed by atoms with E-state index in [1.54, 1.807) is 0 Å². The second kappa shape index (κ2) is 8.84. The first kappa shape index (κ1) is 20.8. The second-order valence-corrected chi connectivity index (χ2v) is 10.3. The Hall–Kier alpha value is -2.83. The molecule has 1 aliphatic carbocycles. The number of anilines is 1. The van der Waals surface area contributed by atoms with Crippen molar-refractivity contribution in [2.24, 2.45) is 0 Å². The first-order valence-electron chi connectivity index (χ1n) is 12.0. The maximum atomic E-state index is 5.17. The first-order chi connectivity index (χ1) is 16.2. The van der Waals surface area contributed by atoms with Crippen LogP contribution in [0.3, 0.4) is 0 Å². The van der Waals surface area contributed by atoms with Gasteiger partial charge in [0, 0.05) is 55.6 Å². The fraction of sp³-hybridized carbons (Fsp3) is 0.370. The van der Waals surface area contributed by atoms with E-state index in [2.05, 4.69) is 46.0 Å². The van der Waals surface area contributed by atoms with Crippen LogP contribution in [0.15, 0.2) is 48.8 Å². The van der Waals surface area contributed by atoms with Crippen molar-refractivity contribution in [3.8, 4) is 11.4 Å². The number of hydrogen-bond donors (Lipinski definition) is 0. The van der Waals surface area contributed by atoms with Gasteiger partial charge in [0.1, 0.15) is 10.6 Å². The third-order valence-corrected chi connectivity index (χ3v) is 8.12. The number of benzene rings is 1. The fourth-order valence-electron chi connectivity index (χ4n) is 5.07. The van der Waals surface area contributed by atoms with E-state index in [4.69, 9.17) is 9.97 Å². The van der Waals surface area contributed by atoms with Gasteiger partial charge in [-0.15, -0.1) is 11.3 Å². The van der Waals surface area contributed by atoms with Crippen molar-refractivity contribution in [1.29, 1.82) is 0 Å². The smallest absolute Gasteiger partial charge is 0.163 e. The number of pyridine rings is 1. The molecule has 33 heavy (non-hydrogen) atoms. The van der Waals surface area contributed by atoms with Crippen molar-refractivity contribution < 1.29 is 0 Å². The van der Waals surface area contributed by atoms with E-state index in [9.17, 15) is 0 Å². The lowest BCUT2D eigenvalue weighted by Crippen LogP contribution is -2.46. The Labute approximate surface area is 199 Å². The maximum absolute atomic E-state index is 5.17. The highest BCUT2D eigenvalue weighted by Gasteiger charge is 2.26. The van der Waals surface area contributed by atoms with Gasteiger partial charge >= 0.3 is 0 Å². The molecule has 0 unspecified atom stereocenters. The first-order valence-corrected chi connectivity index (χ1v) is 12.8. The third-order valence-electron chi connectivity index (χ3n) is 6.93. The Bertz CT molecular complexity index is 1260. The Morgan fingerprint density at radius 1 is 0.879 bits per heavy atom. The lowest BCUT2D eigenvalue weighted by Gasteiger charge is -2.36. The monoisotopic (exact) mass is 455 g/mol. The molecule has 0 saturated carbocycles. The molecular formula is C27H29N5S. The molecule has 5 nitrogen and oxygen atoms in total. The number of thiophene rings is 1. The highest BCUT2D eigenvalue weighted by Crippen LogP contribution is 2.41. The summed E-state index contributed by atoms with van der Waals surface area (Å²) in [6, 6.07) is 13.0. The Balaban J connectivity index is 1.31. The molecule has 1 fully saturated rings. The molecule has 168 valence electrons. The fourth-order valence-corrected chi connectivity index (χ4v) is 6.32. The summed E-state index contributed by atoms with van der Waals surface area (Å²) in [5.41, 5.74) is 5.27. The number of aromatic nitrogens is 3. The number of nitrogens with zero attached hydrogens (tertiary/aromatic N) is 5. The Kier molecular flexibility index (Phi) is 5.56. The van der Waals surface area contributed by atoms with Gasteiger partial charge in [0.2, 0.25) is 0 Å². The molecule has 0 radical (unpaired) electrons. The van der Waals surface area contributed by atoms with Gasteiger partial charge in [-0.1, -0.05) is 29.8 Å². The molecule has 6 heteroatoms. The molecule has 3 aromatic heterocycles. The average molecular weight is 456 g/mol. The Morgan fingerprint density at radius 2 is 1.64 bits per heavy atom. The van der Waals surface area contributed by atoms with Crippen LogP contribution in [0.1, 0.15) is 34.4 Å². The zero-order valence-corrected chi connectivity index (χ0v) is 19.9. The SMILES string of the molecule is Cc1ccc(CN2CCN(c3nc(-c4ccncc4)nc4sc5c(c34)CCCC5)CC2)cc1. The Morgan fingerprint density at radius 3 is 2.42 bits per heavy atom. The summed E-state index contributed by atoms with van der Waals surface area (Å²) >= 11 is 1.89. The molecule has 4 aromatic rings.